The number of hydrogen-bond donors (Lipinski definition) is 1. The molecule has 1 heterocycles. The number of amides is 2. The highest BCUT2D eigenvalue weighted by Crippen LogP contribution is 2.32. The minimum absolute atomic E-state index is 0.0557. The predicted octanol–water partition coefficient (Wildman–Crippen LogP) is -0.0877. The van der Waals surface area contributed by atoms with Crippen LogP contribution in [0.5, 0.6) is 5.75 Å². The molecule has 0 aromatic heterocycles. The molecule has 1 aromatic rings. The van der Waals surface area contributed by atoms with Crippen molar-refractivity contribution in [2.75, 3.05) is 25.2 Å². The van der Waals surface area contributed by atoms with E-state index in [0.717, 1.165) is 0 Å². The zero-order chi connectivity index (χ0) is 13.1. The predicted molar refractivity (Wildman–Crippen MR) is 64.3 cm³/mol. The first-order valence-electron chi connectivity index (χ1n) is 5.47. The number of benzene rings is 1. The van der Waals surface area contributed by atoms with Crippen molar-refractivity contribution in [3.63, 3.8) is 0 Å². The third-order valence-corrected chi connectivity index (χ3v) is 2.66. The number of fused-ring (bicyclic) bond motifs is 1. The fraction of sp³-hybridized carbons (Fsp3) is 0.333. The van der Waals surface area contributed by atoms with Crippen molar-refractivity contribution >= 4 is 17.5 Å². The summed E-state index contributed by atoms with van der Waals surface area (Å²) in [5.74, 6) is -0.365. The molecular weight excluding hydrogens is 236 g/mol. The van der Waals surface area contributed by atoms with E-state index in [0.29, 0.717) is 11.4 Å². The van der Waals surface area contributed by atoms with Gasteiger partial charge in [0.25, 0.3) is 11.8 Å². The number of nitrogens with two attached hydrogens (primary N) is 1. The van der Waals surface area contributed by atoms with Crippen molar-refractivity contribution in [3.8, 4) is 5.75 Å². The summed E-state index contributed by atoms with van der Waals surface area (Å²) in [6.07, 6.45) is -0.833. The van der Waals surface area contributed by atoms with E-state index in [-0.39, 0.29) is 19.1 Å². The van der Waals surface area contributed by atoms with Crippen molar-refractivity contribution in [2.24, 2.45) is 5.73 Å². The van der Waals surface area contributed by atoms with Crippen molar-refractivity contribution in [2.45, 2.75) is 6.10 Å². The molecule has 1 aliphatic heterocycles. The second-order valence-corrected chi connectivity index (χ2v) is 3.91. The SMILES string of the molecule is COCC(=O)N1CC(C(N)=O)Oc2ccccc21. The van der Waals surface area contributed by atoms with Gasteiger partial charge >= 0.3 is 0 Å². The first-order valence-corrected chi connectivity index (χ1v) is 5.47. The van der Waals surface area contributed by atoms with Crippen LogP contribution in [0, 0.1) is 0 Å². The lowest BCUT2D eigenvalue weighted by atomic mass is 10.2. The summed E-state index contributed by atoms with van der Waals surface area (Å²) in [6.45, 7) is 0.0500. The number of primary amides is 1. The second kappa shape index (κ2) is 5.05. The van der Waals surface area contributed by atoms with E-state index in [9.17, 15) is 9.59 Å². The van der Waals surface area contributed by atoms with Crippen molar-refractivity contribution < 1.29 is 19.1 Å². The molecule has 2 N–H and O–H groups in total. The fourth-order valence-corrected chi connectivity index (χ4v) is 1.82. The van der Waals surface area contributed by atoms with Crippen LogP contribution < -0.4 is 15.4 Å². The van der Waals surface area contributed by atoms with Crippen LogP contribution in [0.25, 0.3) is 0 Å². The van der Waals surface area contributed by atoms with Crippen LogP contribution in [0.4, 0.5) is 5.69 Å². The average molecular weight is 250 g/mol. The van der Waals surface area contributed by atoms with Gasteiger partial charge in [0, 0.05) is 7.11 Å². The number of methoxy groups -OCH3 is 1. The Morgan fingerprint density at radius 1 is 1.50 bits per heavy atom. The summed E-state index contributed by atoms with van der Waals surface area (Å²) in [5, 5.41) is 0. The van der Waals surface area contributed by atoms with Crippen molar-refractivity contribution in [1.82, 2.24) is 0 Å². The molecule has 0 saturated heterocycles. The summed E-state index contributed by atoms with van der Waals surface area (Å²) >= 11 is 0. The average Bonchev–Trinajstić information content (AvgIpc) is 2.37. The van der Waals surface area contributed by atoms with Gasteiger partial charge in [0.05, 0.1) is 12.2 Å². The second-order valence-electron chi connectivity index (χ2n) is 3.91. The maximum Gasteiger partial charge on any atom is 0.260 e. The Bertz CT molecular complexity index is 475. The number of carbonyl (C=O) groups is 2. The van der Waals surface area contributed by atoms with Crippen molar-refractivity contribution in [1.29, 1.82) is 0 Å². The van der Waals surface area contributed by atoms with Crippen LogP contribution in [0.3, 0.4) is 0 Å². The lowest BCUT2D eigenvalue weighted by molar-refractivity contribution is -0.126. The number of ether oxygens (including phenoxy) is 2. The Balaban J connectivity index is 2.33. The molecule has 2 amide bonds. The van der Waals surface area contributed by atoms with Crippen LogP contribution >= 0.6 is 0 Å². The third kappa shape index (κ3) is 2.28. The first-order chi connectivity index (χ1) is 8.63. The van der Waals surface area contributed by atoms with Crippen LogP contribution in [0.15, 0.2) is 24.3 Å². The molecule has 0 saturated carbocycles. The summed E-state index contributed by atoms with van der Waals surface area (Å²) < 4.78 is 10.3. The third-order valence-electron chi connectivity index (χ3n) is 2.66. The molecule has 0 radical (unpaired) electrons. The van der Waals surface area contributed by atoms with Gasteiger partial charge in [0.15, 0.2) is 6.10 Å². The lowest BCUT2D eigenvalue weighted by Crippen LogP contribution is -2.50. The van der Waals surface area contributed by atoms with Crippen LogP contribution in [-0.2, 0) is 14.3 Å². The van der Waals surface area contributed by atoms with Gasteiger partial charge in [0.2, 0.25) is 0 Å². The van der Waals surface area contributed by atoms with Gasteiger partial charge in [-0.25, -0.2) is 0 Å². The molecule has 0 aliphatic carbocycles. The van der Waals surface area contributed by atoms with Crippen LogP contribution in [0.2, 0.25) is 0 Å². The Hall–Kier alpha value is -2.08. The Morgan fingerprint density at radius 3 is 2.89 bits per heavy atom. The van der Waals surface area contributed by atoms with E-state index in [1.807, 2.05) is 0 Å². The maximum absolute atomic E-state index is 11.9. The normalized spacial score (nSPS) is 17.8. The molecule has 6 heteroatoms. The van der Waals surface area contributed by atoms with Gasteiger partial charge in [-0.15, -0.1) is 0 Å². The van der Waals surface area contributed by atoms with Crippen molar-refractivity contribution in [3.05, 3.63) is 24.3 Å². The molecule has 1 aliphatic rings. The van der Waals surface area contributed by atoms with E-state index >= 15 is 0 Å². The first kappa shape index (κ1) is 12.4. The molecular formula is C12H14N2O4. The molecule has 18 heavy (non-hydrogen) atoms. The topological polar surface area (TPSA) is 81.9 Å². The minimum Gasteiger partial charge on any atom is -0.477 e. The Morgan fingerprint density at radius 2 is 2.22 bits per heavy atom. The number of para-hydroxylation sites is 2. The maximum atomic E-state index is 11.9. The molecule has 6 nitrogen and oxygen atoms in total. The smallest absolute Gasteiger partial charge is 0.260 e. The highest BCUT2D eigenvalue weighted by Gasteiger charge is 2.32. The summed E-state index contributed by atoms with van der Waals surface area (Å²) in [6, 6.07) is 7.00. The molecule has 1 aromatic carbocycles. The van der Waals surface area contributed by atoms with E-state index in [1.54, 1.807) is 24.3 Å². The highest BCUT2D eigenvalue weighted by molar-refractivity contribution is 5.97. The van der Waals surface area contributed by atoms with Gasteiger partial charge in [0.1, 0.15) is 12.4 Å². The van der Waals surface area contributed by atoms with Gasteiger partial charge in [-0.2, -0.15) is 0 Å². The number of rotatable bonds is 3. The highest BCUT2D eigenvalue weighted by atomic mass is 16.5. The Kier molecular flexibility index (Phi) is 3.47. The molecule has 2 rings (SSSR count). The van der Waals surface area contributed by atoms with Gasteiger partial charge in [-0.3, -0.25) is 9.59 Å². The summed E-state index contributed by atoms with van der Waals surface area (Å²) in [7, 11) is 1.44. The quantitative estimate of drug-likeness (QED) is 0.813. The van der Waals surface area contributed by atoms with Gasteiger partial charge < -0.3 is 20.1 Å². The molecule has 1 unspecified atom stereocenters. The van der Waals surface area contributed by atoms with Crippen LogP contribution in [0.1, 0.15) is 0 Å². The number of nitrogens with zero attached hydrogens (tertiary/aromatic N) is 1. The van der Waals surface area contributed by atoms with E-state index in [1.165, 1.54) is 12.0 Å². The number of hydrogen-bond acceptors (Lipinski definition) is 4. The molecule has 0 fully saturated rings. The standard InChI is InChI=1S/C12H14N2O4/c1-17-7-11(15)14-6-10(12(13)16)18-9-5-3-2-4-8(9)14/h2-5,10H,6-7H2,1H3,(H2,13,16). The molecule has 0 spiro atoms. The number of anilines is 1. The largest absolute Gasteiger partial charge is 0.477 e. The van der Waals surface area contributed by atoms with E-state index < -0.39 is 12.0 Å². The van der Waals surface area contributed by atoms with E-state index in [4.69, 9.17) is 15.2 Å². The van der Waals surface area contributed by atoms with Gasteiger partial charge in [-0.05, 0) is 12.1 Å². The van der Waals surface area contributed by atoms with Crippen LogP contribution in [-0.4, -0.2) is 38.2 Å². The van der Waals surface area contributed by atoms with Gasteiger partial charge in [-0.1, -0.05) is 12.1 Å². The molecule has 96 valence electrons. The van der Waals surface area contributed by atoms with E-state index in [2.05, 4.69) is 0 Å². The minimum atomic E-state index is -0.833. The lowest BCUT2D eigenvalue weighted by Gasteiger charge is -2.33. The molecule has 1 atom stereocenters. The fourth-order valence-electron chi connectivity index (χ4n) is 1.82. The summed E-state index contributed by atoms with van der Waals surface area (Å²) in [5.41, 5.74) is 5.85. The number of carbonyl (C=O) groups excluding carboxylic acids is 2. The Labute approximate surface area is 104 Å². The summed E-state index contributed by atoms with van der Waals surface area (Å²) in [4.78, 5) is 24.6. The zero-order valence-corrected chi connectivity index (χ0v) is 9.96. The molecule has 0 bridgehead atoms. The zero-order valence-electron chi connectivity index (χ0n) is 9.96. The monoisotopic (exact) mass is 250 g/mol.